The smallest absolute Gasteiger partial charge is 0.231 e. The number of carbonyl (C=O) groups is 1. The average Bonchev–Trinajstić information content (AvgIpc) is 3.36. The van der Waals surface area contributed by atoms with E-state index in [1.165, 1.54) is 18.4 Å². The van der Waals surface area contributed by atoms with Gasteiger partial charge in [-0.2, -0.15) is 0 Å². The van der Waals surface area contributed by atoms with Crippen LogP contribution in [0.1, 0.15) is 31.0 Å². The molecular formula is C22H22N2O4. The topological polar surface area (TPSA) is 73.6 Å². The van der Waals surface area contributed by atoms with Gasteiger partial charge in [0, 0.05) is 17.3 Å². The summed E-state index contributed by atoms with van der Waals surface area (Å²) in [7, 11) is 0. The molecule has 0 unspecified atom stereocenters. The molecular weight excluding hydrogens is 356 g/mol. The molecule has 0 spiro atoms. The van der Waals surface area contributed by atoms with Crippen molar-refractivity contribution in [3.05, 3.63) is 59.8 Å². The molecule has 0 saturated carbocycles. The Balaban J connectivity index is 1.36. The van der Waals surface area contributed by atoms with E-state index in [2.05, 4.69) is 29.5 Å². The van der Waals surface area contributed by atoms with Crippen LogP contribution < -0.4 is 14.8 Å². The first-order valence-corrected chi connectivity index (χ1v) is 9.45. The molecule has 4 rings (SSSR count). The van der Waals surface area contributed by atoms with Gasteiger partial charge in [-0.05, 0) is 48.7 Å². The number of hydrogen-bond acceptors (Lipinski definition) is 5. The van der Waals surface area contributed by atoms with Crippen LogP contribution in [0.3, 0.4) is 0 Å². The second kappa shape index (κ2) is 8.17. The van der Waals surface area contributed by atoms with Crippen LogP contribution in [-0.2, 0) is 17.6 Å². The maximum absolute atomic E-state index is 12.3. The van der Waals surface area contributed by atoms with Gasteiger partial charge in [0.2, 0.25) is 12.7 Å². The van der Waals surface area contributed by atoms with Crippen molar-refractivity contribution in [2.24, 2.45) is 0 Å². The Labute approximate surface area is 163 Å². The van der Waals surface area contributed by atoms with Crippen LogP contribution in [-0.4, -0.2) is 17.9 Å². The highest BCUT2D eigenvalue weighted by molar-refractivity contribution is 5.92. The summed E-state index contributed by atoms with van der Waals surface area (Å²) in [6.07, 6.45) is 3.55. The second-order valence-electron chi connectivity index (χ2n) is 6.78. The van der Waals surface area contributed by atoms with Gasteiger partial charge in [-0.3, -0.25) is 4.79 Å². The van der Waals surface area contributed by atoms with Gasteiger partial charge in [-0.15, -0.1) is 0 Å². The molecule has 28 heavy (non-hydrogen) atoms. The molecule has 6 heteroatoms. The number of rotatable bonds is 7. The van der Waals surface area contributed by atoms with Crippen LogP contribution in [0.2, 0.25) is 0 Å². The first-order valence-electron chi connectivity index (χ1n) is 9.45. The number of aryl methyl sites for hydroxylation is 1. The van der Waals surface area contributed by atoms with Crippen molar-refractivity contribution in [2.75, 3.05) is 12.1 Å². The number of nitrogens with one attached hydrogen (secondary N) is 1. The fourth-order valence-electron chi connectivity index (χ4n) is 3.09. The predicted octanol–water partition coefficient (Wildman–Crippen LogP) is 4.59. The average molecular weight is 378 g/mol. The minimum Gasteiger partial charge on any atom is -0.454 e. The van der Waals surface area contributed by atoms with E-state index >= 15 is 0 Å². The second-order valence-corrected chi connectivity index (χ2v) is 6.78. The molecule has 3 aromatic rings. The molecule has 0 atom stereocenters. The van der Waals surface area contributed by atoms with E-state index in [1.807, 2.05) is 30.3 Å². The number of unbranched alkanes of at least 4 members (excludes halogenated alkanes) is 1. The lowest BCUT2D eigenvalue weighted by atomic mass is 10.1. The Morgan fingerprint density at radius 1 is 1.07 bits per heavy atom. The molecule has 1 aromatic heterocycles. The van der Waals surface area contributed by atoms with Crippen LogP contribution in [0.15, 0.2) is 53.1 Å². The number of anilines is 1. The van der Waals surface area contributed by atoms with E-state index in [4.69, 9.17) is 14.0 Å². The molecule has 0 saturated heterocycles. The van der Waals surface area contributed by atoms with Crippen molar-refractivity contribution in [2.45, 2.75) is 32.6 Å². The summed E-state index contributed by atoms with van der Waals surface area (Å²) in [5.41, 5.74) is 3.46. The van der Waals surface area contributed by atoms with Crippen LogP contribution >= 0.6 is 0 Å². The Hall–Kier alpha value is -3.28. The summed E-state index contributed by atoms with van der Waals surface area (Å²) in [5, 5.41) is 6.91. The zero-order valence-electron chi connectivity index (χ0n) is 15.7. The first kappa shape index (κ1) is 18.1. The Kier molecular flexibility index (Phi) is 5.28. The summed E-state index contributed by atoms with van der Waals surface area (Å²) < 4.78 is 16.1. The van der Waals surface area contributed by atoms with Crippen molar-refractivity contribution in [3.8, 4) is 22.8 Å². The van der Waals surface area contributed by atoms with Crippen LogP contribution in [0, 0.1) is 0 Å². The van der Waals surface area contributed by atoms with E-state index in [1.54, 1.807) is 6.07 Å². The summed E-state index contributed by atoms with van der Waals surface area (Å²) in [6, 6.07) is 15.3. The highest BCUT2D eigenvalue weighted by Gasteiger charge is 2.16. The van der Waals surface area contributed by atoms with Crippen molar-refractivity contribution < 1.29 is 18.8 Å². The number of benzene rings is 2. The van der Waals surface area contributed by atoms with Gasteiger partial charge in [0.1, 0.15) is 0 Å². The molecule has 1 amide bonds. The molecule has 2 heterocycles. The first-order chi connectivity index (χ1) is 13.7. The third kappa shape index (κ3) is 4.17. The number of aromatic nitrogens is 1. The SMILES string of the molecule is CCCCc1ccc(NC(=O)Cc2cc(-c3ccc4c(c3)OCO4)on2)cc1. The highest BCUT2D eigenvalue weighted by atomic mass is 16.7. The summed E-state index contributed by atoms with van der Waals surface area (Å²) >= 11 is 0. The fourth-order valence-corrected chi connectivity index (χ4v) is 3.09. The van der Waals surface area contributed by atoms with Crippen molar-refractivity contribution in [1.29, 1.82) is 0 Å². The number of carbonyl (C=O) groups excluding carboxylic acids is 1. The zero-order chi connectivity index (χ0) is 19.3. The molecule has 6 nitrogen and oxygen atoms in total. The monoisotopic (exact) mass is 378 g/mol. The maximum atomic E-state index is 12.3. The van der Waals surface area contributed by atoms with E-state index in [0.29, 0.717) is 23.0 Å². The molecule has 0 radical (unpaired) electrons. The summed E-state index contributed by atoms with van der Waals surface area (Å²) in [6.45, 7) is 2.40. The summed E-state index contributed by atoms with van der Waals surface area (Å²) in [4.78, 5) is 12.3. The fraction of sp³-hybridized carbons (Fsp3) is 0.273. The van der Waals surface area contributed by atoms with Gasteiger partial charge in [0.25, 0.3) is 0 Å². The minimum atomic E-state index is -0.133. The molecule has 144 valence electrons. The summed E-state index contributed by atoms with van der Waals surface area (Å²) in [5.74, 6) is 1.84. The van der Waals surface area contributed by atoms with Gasteiger partial charge >= 0.3 is 0 Å². The molecule has 0 bridgehead atoms. The number of hydrogen-bond donors (Lipinski definition) is 1. The molecule has 1 N–H and O–H groups in total. The molecule has 0 fully saturated rings. The van der Waals surface area contributed by atoms with Crippen molar-refractivity contribution >= 4 is 11.6 Å². The lowest BCUT2D eigenvalue weighted by molar-refractivity contribution is -0.115. The standard InChI is InChI=1S/C22H22N2O4/c1-2-3-4-15-5-8-17(9-6-15)23-22(25)13-18-12-20(28-24-18)16-7-10-19-21(11-16)27-14-26-19/h5-12H,2-4,13-14H2,1H3,(H,23,25). The van der Waals surface area contributed by atoms with Crippen LogP contribution in [0.4, 0.5) is 5.69 Å². The quantitative estimate of drug-likeness (QED) is 0.651. The molecule has 2 aromatic carbocycles. The van der Waals surface area contributed by atoms with E-state index in [0.717, 1.165) is 17.7 Å². The van der Waals surface area contributed by atoms with E-state index in [-0.39, 0.29) is 19.1 Å². The third-order valence-electron chi connectivity index (χ3n) is 4.61. The normalized spacial score (nSPS) is 12.2. The van der Waals surface area contributed by atoms with Gasteiger partial charge in [-0.25, -0.2) is 0 Å². The van der Waals surface area contributed by atoms with Gasteiger partial charge in [0.15, 0.2) is 17.3 Å². The van der Waals surface area contributed by atoms with Gasteiger partial charge in [0.05, 0.1) is 12.1 Å². The number of ether oxygens (including phenoxy) is 2. The minimum absolute atomic E-state index is 0.133. The van der Waals surface area contributed by atoms with Gasteiger partial charge < -0.3 is 19.3 Å². The number of amides is 1. The van der Waals surface area contributed by atoms with Crippen LogP contribution in [0.25, 0.3) is 11.3 Å². The van der Waals surface area contributed by atoms with Crippen molar-refractivity contribution in [3.63, 3.8) is 0 Å². The number of nitrogens with zero attached hydrogens (tertiary/aromatic N) is 1. The molecule has 1 aliphatic rings. The predicted molar refractivity (Wildman–Crippen MR) is 105 cm³/mol. The van der Waals surface area contributed by atoms with E-state index < -0.39 is 0 Å². The van der Waals surface area contributed by atoms with Crippen molar-refractivity contribution in [1.82, 2.24) is 5.16 Å². The lowest BCUT2D eigenvalue weighted by Crippen LogP contribution is -2.14. The Bertz CT molecular complexity index is 963. The third-order valence-corrected chi connectivity index (χ3v) is 4.61. The van der Waals surface area contributed by atoms with Gasteiger partial charge in [-0.1, -0.05) is 30.6 Å². The largest absolute Gasteiger partial charge is 0.454 e. The lowest BCUT2D eigenvalue weighted by Gasteiger charge is -2.05. The zero-order valence-corrected chi connectivity index (χ0v) is 15.7. The molecule has 0 aliphatic carbocycles. The van der Waals surface area contributed by atoms with Crippen LogP contribution in [0.5, 0.6) is 11.5 Å². The molecule has 1 aliphatic heterocycles. The number of fused-ring (bicyclic) bond motifs is 1. The van der Waals surface area contributed by atoms with E-state index in [9.17, 15) is 4.79 Å². The highest BCUT2D eigenvalue weighted by Crippen LogP contribution is 2.36. The Morgan fingerprint density at radius 3 is 2.71 bits per heavy atom. The Morgan fingerprint density at radius 2 is 1.89 bits per heavy atom. The maximum Gasteiger partial charge on any atom is 0.231 e.